The summed E-state index contributed by atoms with van der Waals surface area (Å²) in [6.07, 6.45) is 1.40. The third kappa shape index (κ3) is 3.99. The third-order valence-electron chi connectivity index (χ3n) is 2.81. The Labute approximate surface area is 119 Å². The third-order valence-corrected chi connectivity index (χ3v) is 2.81. The second-order valence-electron chi connectivity index (χ2n) is 4.55. The molecule has 1 N–H and O–H groups in total. The van der Waals surface area contributed by atoms with Gasteiger partial charge in [-0.25, -0.2) is 4.39 Å². The highest BCUT2D eigenvalue weighted by atomic mass is 19.1. The first-order valence-electron chi connectivity index (χ1n) is 6.19. The van der Waals surface area contributed by atoms with Gasteiger partial charge in [0.25, 0.3) is 0 Å². The van der Waals surface area contributed by atoms with Crippen molar-refractivity contribution in [3.05, 3.63) is 52.1 Å². The number of hydrogen-bond acceptors (Lipinski definition) is 5. The molecule has 0 aliphatic rings. The molecule has 1 heterocycles. The number of aliphatic hydroxyl groups excluding tert-OH is 1. The monoisotopic (exact) mass is 295 g/mol. The van der Waals surface area contributed by atoms with Crippen molar-refractivity contribution in [2.75, 3.05) is 6.61 Å². The minimum Gasteiger partial charge on any atom is -0.490 e. The number of halogens is 1. The quantitative estimate of drug-likeness (QED) is 0.646. The summed E-state index contributed by atoms with van der Waals surface area (Å²) < 4.78 is 19.7. The Morgan fingerprint density at radius 3 is 3.00 bits per heavy atom. The summed E-state index contributed by atoms with van der Waals surface area (Å²) in [5.74, 6) is -0.0757. The second-order valence-corrected chi connectivity index (χ2v) is 4.55. The average molecular weight is 295 g/mol. The highest BCUT2D eigenvalue weighted by Crippen LogP contribution is 2.19. The van der Waals surface area contributed by atoms with E-state index in [1.165, 1.54) is 23.0 Å². The molecular weight excluding hydrogens is 281 g/mol. The summed E-state index contributed by atoms with van der Waals surface area (Å²) in [5, 5.41) is 24.1. The van der Waals surface area contributed by atoms with Crippen LogP contribution in [0.15, 0.2) is 30.6 Å². The SMILES string of the molecule is Cc1ccc(F)cc1OC[C@H](O)Cn1cc([N+](=O)[O-])cn1. The van der Waals surface area contributed by atoms with Gasteiger partial charge in [0.05, 0.1) is 11.5 Å². The largest absolute Gasteiger partial charge is 0.490 e. The number of rotatable bonds is 6. The van der Waals surface area contributed by atoms with E-state index in [2.05, 4.69) is 5.10 Å². The van der Waals surface area contributed by atoms with E-state index in [1.807, 2.05) is 0 Å². The van der Waals surface area contributed by atoms with Gasteiger partial charge in [-0.05, 0) is 18.6 Å². The molecule has 0 fully saturated rings. The maximum absolute atomic E-state index is 13.1. The highest BCUT2D eigenvalue weighted by molar-refractivity contribution is 5.32. The molecule has 8 heteroatoms. The first kappa shape index (κ1) is 14.9. The van der Waals surface area contributed by atoms with E-state index in [9.17, 15) is 19.6 Å². The minimum absolute atomic E-state index is 0.0439. The smallest absolute Gasteiger partial charge is 0.306 e. The lowest BCUT2D eigenvalue weighted by molar-refractivity contribution is -0.385. The Balaban J connectivity index is 1.90. The van der Waals surface area contributed by atoms with Gasteiger partial charge < -0.3 is 9.84 Å². The summed E-state index contributed by atoms with van der Waals surface area (Å²) >= 11 is 0. The molecular formula is C13H14FN3O4. The number of nitrogens with zero attached hydrogens (tertiary/aromatic N) is 3. The van der Waals surface area contributed by atoms with Crippen LogP contribution in [0.5, 0.6) is 5.75 Å². The van der Waals surface area contributed by atoms with Gasteiger partial charge in [0.2, 0.25) is 0 Å². The van der Waals surface area contributed by atoms with Crippen LogP contribution in [0.25, 0.3) is 0 Å². The standard InChI is InChI=1S/C13H14FN3O4/c1-9-2-3-10(14)4-13(9)21-8-12(18)7-16-6-11(5-15-16)17(19)20/h2-6,12,18H,7-8H2,1H3/t12-/m1/s1. The zero-order chi connectivity index (χ0) is 15.4. The fourth-order valence-electron chi connectivity index (χ4n) is 1.73. The van der Waals surface area contributed by atoms with Gasteiger partial charge in [0, 0.05) is 6.07 Å². The topological polar surface area (TPSA) is 90.4 Å². The van der Waals surface area contributed by atoms with Gasteiger partial charge in [-0.15, -0.1) is 0 Å². The molecule has 2 aromatic rings. The molecule has 7 nitrogen and oxygen atoms in total. The van der Waals surface area contributed by atoms with Crippen LogP contribution < -0.4 is 4.74 Å². The van der Waals surface area contributed by atoms with Gasteiger partial charge in [0.1, 0.15) is 36.7 Å². The lowest BCUT2D eigenvalue weighted by Gasteiger charge is -2.13. The first-order chi connectivity index (χ1) is 9.95. The average Bonchev–Trinajstić information content (AvgIpc) is 2.88. The first-order valence-corrected chi connectivity index (χ1v) is 6.19. The van der Waals surface area contributed by atoms with Crippen molar-refractivity contribution < 1.29 is 19.2 Å². The normalized spacial score (nSPS) is 12.1. The Kier molecular flexibility index (Phi) is 4.49. The molecule has 0 saturated carbocycles. The zero-order valence-corrected chi connectivity index (χ0v) is 11.3. The predicted molar refractivity (Wildman–Crippen MR) is 71.5 cm³/mol. The minimum atomic E-state index is -0.924. The van der Waals surface area contributed by atoms with Crippen LogP contribution in [0.3, 0.4) is 0 Å². The van der Waals surface area contributed by atoms with Crippen LogP contribution >= 0.6 is 0 Å². The number of aryl methyl sites for hydroxylation is 1. The van der Waals surface area contributed by atoms with Gasteiger partial charge in [-0.3, -0.25) is 14.8 Å². The molecule has 0 aliphatic carbocycles. The molecule has 0 bridgehead atoms. The number of ether oxygens (including phenoxy) is 1. The lowest BCUT2D eigenvalue weighted by atomic mass is 10.2. The van der Waals surface area contributed by atoms with Crippen molar-refractivity contribution in [3.63, 3.8) is 0 Å². The van der Waals surface area contributed by atoms with Gasteiger partial charge >= 0.3 is 5.69 Å². The van der Waals surface area contributed by atoms with E-state index in [1.54, 1.807) is 13.0 Å². The molecule has 0 aliphatic heterocycles. The van der Waals surface area contributed by atoms with Crippen molar-refractivity contribution in [1.82, 2.24) is 9.78 Å². The number of aromatic nitrogens is 2. The van der Waals surface area contributed by atoms with Gasteiger partial charge in [-0.2, -0.15) is 5.10 Å². The fourth-order valence-corrected chi connectivity index (χ4v) is 1.73. The Morgan fingerprint density at radius 1 is 1.57 bits per heavy atom. The maximum Gasteiger partial charge on any atom is 0.306 e. The van der Waals surface area contributed by atoms with Crippen LogP contribution in [-0.4, -0.2) is 32.5 Å². The van der Waals surface area contributed by atoms with Crippen molar-refractivity contribution in [3.8, 4) is 5.75 Å². The summed E-state index contributed by atoms with van der Waals surface area (Å²) in [7, 11) is 0. The van der Waals surface area contributed by atoms with Crippen LogP contribution in [-0.2, 0) is 6.54 Å². The molecule has 112 valence electrons. The van der Waals surface area contributed by atoms with E-state index < -0.39 is 16.8 Å². The molecule has 0 unspecified atom stereocenters. The number of aliphatic hydroxyl groups is 1. The molecule has 21 heavy (non-hydrogen) atoms. The second kappa shape index (κ2) is 6.31. The Hall–Kier alpha value is -2.48. The van der Waals surface area contributed by atoms with Crippen LogP contribution in [0.1, 0.15) is 5.56 Å². The van der Waals surface area contributed by atoms with E-state index in [0.29, 0.717) is 5.75 Å². The van der Waals surface area contributed by atoms with Crippen LogP contribution in [0, 0.1) is 22.9 Å². The number of nitro groups is 1. The van der Waals surface area contributed by atoms with E-state index in [0.717, 1.165) is 11.8 Å². The molecule has 0 spiro atoms. The molecule has 0 amide bonds. The summed E-state index contributed by atoms with van der Waals surface area (Å²) in [5.41, 5.74) is 0.599. The number of benzene rings is 1. The number of hydrogen-bond donors (Lipinski definition) is 1. The highest BCUT2D eigenvalue weighted by Gasteiger charge is 2.13. The molecule has 1 aromatic heterocycles. The molecule has 0 radical (unpaired) electrons. The maximum atomic E-state index is 13.1. The van der Waals surface area contributed by atoms with E-state index in [4.69, 9.17) is 4.74 Å². The van der Waals surface area contributed by atoms with Gasteiger partial charge in [0.15, 0.2) is 0 Å². The molecule has 0 saturated heterocycles. The zero-order valence-electron chi connectivity index (χ0n) is 11.3. The fraction of sp³-hybridized carbons (Fsp3) is 0.308. The van der Waals surface area contributed by atoms with E-state index in [-0.39, 0.29) is 18.8 Å². The Morgan fingerprint density at radius 2 is 2.33 bits per heavy atom. The molecule has 1 atom stereocenters. The van der Waals surface area contributed by atoms with Crippen LogP contribution in [0.4, 0.5) is 10.1 Å². The summed E-state index contributed by atoms with van der Waals surface area (Å²) in [6.45, 7) is 1.73. The predicted octanol–water partition coefficient (Wildman–Crippen LogP) is 1.68. The van der Waals surface area contributed by atoms with Crippen molar-refractivity contribution >= 4 is 5.69 Å². The Bertz CT molecular complexity index is 644. The lowest BCUT2D eigenvalue weighted by Crippen LogP contribution is -2.24. The summed E-state index contributed by atoms with van der Waals surface area (Å²) in [4.78, 5) is 9.94. The van der Waals surface area contributed by atoms with Crippen LogP contribution in [0.2, 0.25) is 0 Å². The van der Waals surface area contributed by atoms with E-state index >= 15 is 0 Å². The molecule has 1 aromatic carbocycles. The van der Waals surface area contributed by atoms with Crippen molar-refractivity contribution in [1.29, 1.82) is 0 Å². The van der Waals surface area contributed by atoms with Crippen molar-refractivity contribution in [2.45, 2.75) is 19.6 Å². The molecule has 2 rings (SSSR count). The summed E-state index contributed by atoms with van der Waals surface area (Å²) in [6, 6.07) is 4.14. The van der Waals surface area contributed by atoms with Gasteiger partial charge in [-0.1, -0.05) is 6.07 Å². The van der Waals surface area contributed by atoms with Crippen molar-refractivity contribution in [2.24, 2.45) is 0 Å².